The minimum Gasteiger partial charge on any atom is -0.508 e. The maximum absolute atomic E-state index is 12.2. The lowest BCUT2D eigenvalue weighted by atomic mass is 10.1. The minimum atomic E-state index is -0.203. The third-order valence-corrected chi connectivity index (χ3v) is 5.98. The minimum absolute atomic E-state index is 0.155. The summed E-state index contributed by atoms with van der Waals surface area (Å²) in [5.74, 6) is 1.37. The van der Waals surface area contributed by atoms with Crippen LogP contribution in [0.3, 0.4) is 0 Å². The average Bonchev–Trinajstić information content (AvgIpc) is 3.44. The molecule has 3 aromatic carbocycles. The maximum atomic E-state index is 12.2. The Morgan fingerprint density at radius 3 is 2.47 bits per heavy atom. The number of benzene rings is 3. The van der Waals surface area contributed by atoms with Crippen LogP contribution in [0, 0.1) is 0 Å². The molecule has 1 fully saturated rings. The summed E-state index contributed by atoms with van der Waals surface area (Å²) in [6.45, 7) is 0. The molecule has 2 heterocycles. The molecule has 1 aliphatic rings. The second-order valence-electron chi connectivity index (χ2n) is 7.44. The van der Waals surface area contributed by atoms with Gasteiger partial charge in [0.2, 0.25) is 0 Å². The number of thioether (sulfide) groups is 1. The van der Waals surface area contributed by atoms with Crippen LogP contribution in [-0.2, 0) is 0 Å². The maximum Gasteiger partial charge on any atom is 0.289 e. The lowest BCUT2D eigenvalue weighted by molar-refractivity contribution is 0.265. The highest BCUT2D eigenvalue weighted by atomic mass is 32.2. The van der Waals surface area contributed by atoms with Crippen molar-refractivity contribution in [3.63, 3.8) is 0 Å². The number of carbonyl (C=O) groups is 1. The molecule has 0 atom stereocenters. The zero-order valence-electron chi connectivity index (χ0n) is 18.2. The van der Waals surface area contributed by atoms with Crippen molar-refractivity contribution in [1.82, 2.24) is 15.1 Å². The zero-order chi connectivity index (χ0) is 23.5. The van der Waals surface area contributed by atoms with Gasteiger partial charge in [-0.3, -0.25) is 4.79 Å². The Bertz CT molecular complexity index is 1390. The first-order valence-corrected chi connectivity index (χ1v) is 11.3. The molecule has 0 bridgehead atoms. The van der Waals surface area contributed by atoms with Gasteiger partial charge in [-0.05, 0) is 78.5 Å². The molecular formula is C26H20N4O3S. The van der Waals surface area contributed by atoms with Crippen LogP contribution >= 0.6 is 11.8 Å². The van der Waals surface area contributed by atoms with E-state index in [2.05, 4.69) is 10.3 Å². The Kier molecular flexibility index (Phi) is 5.88. The van der Waals surface area contributed by atoms with Gasteiger partial charge in [0.15, 0.2) is 0 Å². The number of para-hydroxylation sites is 1. The molecule has 8 heteroatoms. The fourth-order valence-electron chi connectivity index (χ4n) is 3.49. The van der Waals surface area contributed by atoms with Crippen LogP contribution < -0.4 is 10.1 Å². The summed E-state index contributed by atoms with van der Waals surface area (Å²) >= 11 is 1.08. The smallest absolute Gasteiger partial charge is 0.289 e. The first-order valence-electron chi connectivity index (χ1n) is 10.5. The predicted molar refractivity (Wildman–Crippen MR) is 135 cm³/mol. The quantitative estimate of drug-likeness (QED) is 0.388. The van der Waals surface area contributed by atoms with E-state index in [0.717, 1.165) is 40.0 Å². The molecule has 0 spiro atoms. The number of aromatic hydroxyl groups is 1. The fraction of sp³-hybridized carbons (Fsp3) is 0.0385. The number of amides is 1. The van der Waals surface area contributed by atoms with Gasteiger partial charge in [-0.1, -0.05) is 18.2 Å². The van der Waals surface area contributed by atoms with Crippen molar-refractivity contribution in [3.05, 3.63) is 95.5 Å². The average molecular weight is 469 g/mol. The number of hydrogen-bond acceptors (Lipinski definition) is 6. The Balaban J connectivity index is 1.60. The van der Waals surface area contributed by atoms with Gasteiger partial charge in [-0.25, -0.2) is 9.67 Å². The molecule has 0 radical (unpaired) electrons. The predicted octanol–water partition coefficient (Wildman–Crippen LogP) is 5.78. The molecule has 34 heavy (non-hydrogen) atoms. The van der Waals surface area contributed by atoms with E-state index in [1.807, 2.05) is 71.6 Å². The van der Waals surface area contributed by atoms with E-state index in [1.165, 1.54) is 0 Å². The van der Waals surface area contributed by atoms with Crippen LogP contribution in [0.1, 0.15) is 5.56 Å². The van der Waals surface area contributed by atoms with Gasteiger partial charge in [0.05, 0.1) is 29.1 Å². The van der Waals surface area contributed by atoms with Gasteiger partial charge >= 0.3 is 0 Å². The first-order chi connectivity index (χ1) is 16.6. The van der Waals surface area contributed by atoms with Crippen molar-refractivity contribution in [2.45, 2.75) is 0 Å². The summed E-state index contributed by atoms with van der Waals surface area (Å²) in [5.41, 5.74) is 4.07. The molecule has 0 unspecified atom stereocenters. The molecule has 0 saturated carbocycles. The second-order valence-corrected chi connectivity index (χ2v) is 8.46. The molecule has 5 rings (SSSR count). The van der Waals surface area contributed by atoms with Gasteiger partial charge in [0.25, 0.3) is 5.24 Å². The molecular weight excluding hydrogens is 448 g/mol. The van der Waals surface area contributed by atoms with Crippen LogP contribution in [0.25, 0.3) is 23.0 Å². The Morgan fingerprint density at radius 2 is 1.76 bits per heavy atom. The van der Waals surface area contributed by atoms with E-state index in [-0.39, 0.29) is 11.0 Å². The number of ether oxygens (including phenoxy) is 1. The van der Waals surface area contributed by atoms with Gasteiger partial charge in [0.1, 0.15) is 17.3 Å². The third kappa shape index (κ3) is 4.57. The highest BCUT2D eigenvalue weighted by Gasteiger charge is 2.25. The molecule has 1 aromatic heterocycles. The monoisotopic (exact) mass is 468 g/mol. The number of carbonyl (C=O) groups excluding carboxylic acids is 1. The van der Waals surface area contributed by atoms with Crippen LogP contribution in [0.5, 0.6) is 11.5 Å². The van der Waals surface area contributed by atoms with Gasteiger partial charge in [0, 0.05) is 17.3 Å². The lowest BCUT2D eigenvalue weighted by Crippen LogP contribution is -2.18. The lowest BCUT2D eigenvalue weighted by Gasteiger charge is -2.03. The molecule has 4 aromatic rings. The number of hydrogen-bond donors (Lipinski definition) is 2. The van der Waals surface area contributed by atoms with E-state index in [9.17, 15) is 9.90 Å². The Hall–Kier alpha value is -4.30. The van der Waals surface area contributed by atoms with E-state index >= 15 is 0 Å². The highest BCUT2D eigenvalue weighted by Crippen LogP contribution is 2.33. The van der Waals surface area contributed by atoms with Gasteiger partial charge in [-0.15, -0.1) is 0 Å². The number of phenols is 1. The summed E-state index contributed by atoms with van der Waals surface area (Å²) in [5, 5.41) is 17.0. The standard InChI is InChI=1S/C26H20N4O3S/c1-33-22-13-7-17(8-14-22)24-18(16-30(29-24)20-5-3-2-4-6-20)15-23-25(28-26(32)34-23)27-19-9-11-21(31)12-10-19/h2-16,31H,1H3,(H,27,28,32)/b23-15-. The van der Waals surface area contributed by atoms with Crippen LogP contribution in [0.15, 0.2) is 95.0 Å². The normalized spacial score (nSPS) is 15.6. The Labute approximate surface area is 200 Å². The topological polar surface area (TPSA) is 88.7 Å². The number of phenolic OH excluding ortho intramolecular Hbond substituents is 1. The van der Waals surface area contributed by atoms with Gasteiger partial charge in [-0.2, -0.15) is 5.10 Å². The summed E-state index contributed by atoms with van der Waals surface area (Å²) < 4.78 is 7.11. The van der Waals surface area contributed by atoms with Crippen LogP contribution in [0.2, 0.25) is 0 Å². The van der Waals surface area contributed by atoms with Crippen molar-refractivity contribution < 1.29 is 14.6 Å². The molecule has 1 amide bonds. The summed E-state index contributed by atoms with van der Waals surface area (Å²) in [6, 6.07) is 24.0. The zero-order valence-corrected chi connectivity index (χ0v) is 19.0. The first kappa shape index (κ1) is 21.5. The number of nitrogens with one attached hydrogen (secondary N) is 1. The number of rotatable bonds is 5. The number of nitrogens with zero attached hydrogens (tertiary/aromatic N) is 3. The second kappa shape index (κ2) is 9.29. The van der Waals surface area contributed by atoms with E-state index in [1.54, 1.807) is 31.4 Å². The summed E-state index contributed by atoms with van der Waals surface area (Å²) in [4.78, 5) is 17.4. The number of amidine groups is 1. The Morgan fingerprint density at radius 1 is 1.03 bits per heavy atom. The SMILES string of the molecule is COc1ccc(-c2nn(-c3ccccc3)cc2/C=C2\SC(=O)NC2=Nc2ccc(O)cc2)cc1. The number of aromatic nitrogens is 2. The van der Waals surface area contributed by atoms with E-state index < -0.39 is 0 Å². The van der Waals surface area contributed by atoms with Crippen LogP contribution in [0.4, 0.5) is 10.5 Å². The van der Waals surface area contributed by atoms with Crippen molar-refractivity contribution in [2.75, 3.05) is 7.11 Å². The van der Waals surface area contributed by atoms with E-state index in [0.29, 0.717) is 16.4 Å². The van der Waals surface area contributed by atoms with Crippen molar-refractivity contribution in [1.29, 1.82) is 0 Å². The van der Waals surface area contributed by atoms with Crippen molar-refractivity contribution in [2.24, 2.45) is 4.99 Å². The van der Waals surface area contributed by atoms with E-state index in [4.69, 9.17) is 9.84 Å². The summed E-state index contributed by atoms with van der Waals surface area (Å²) in [6.07, 6.45) is 3.84. The molecule has 0 aliphatic carbocycles. The number of methoxy groups -OCH3 is 1. The number of aliphatic imine (C=N–C) groups is 1. The third-order valence-electron chi connectivity index (χ3n) is 5.16. The largest absolute Gasteiger partial charge is 0.508 e. The molecule has 168 valence electrons. The van der Waals surface area contributed by atoms with Crippen molar-refractivity contribution in [3.8, 4) is 28.4 Å². The summed E-state index contributed by atoms with van der Waals surface area (Å²) in [7, 11) is 1.63. The fourth-order valence-corrected chi connectivity index (χ4v) is 4.22. The molecule has 1 aliphatic heterocycles. The highest BCUT2D eigenvalue weighted by molar-refractivity contribution is 8.18. The molecule has 1 saturated heterocycles. The molecule has 7 nitrogen and oxygen atoms in total. The van der Waals surface area contributed by atoms with Crippen molar-refractivity contribution >= 4 is 34.6 Å². The van der Waals surface area contributed by atoms with Gasteiger partial charge < -0.3 is 15.2 Å². The van der Waals surface area contributed by atoms with Crippen LogP contribution in [-0.4, -0.2) is 33.1 Å². The molecule has 2 N–H and O–H groups in total.